The summed E-state index contributed by atoms with van der Waals surface area (Å²) in [5, 5.41) is 14.5. The molecule has 0 spiro atoms. The lowest BCUT2D eigenvalue weighted by molar-refractivity contribution is 0.669. The van der Waals surface area contributed by atoms with Crippen LogP contribution in [-0.2, 0) is 0 Å². The molecule has 0 saturated carbocycles. The fraction of sp³-hybridized carbons (Fsp3) is 0. The Morgan fingerprint density at radius 2 is 0.475 bits per heavy atom. The van der Waals surface area contributed by atoms with Crippen LogP contribution < -0.4 is 0 Å². The Labute approximate surface area is 822 Å². The average molecular weight is 1850 g/mol. The molecular formula is C132H81N3O3S3. The van der Waals surface area contributed by atoms with E-state index in [9.17, 15) is 0 Å². The van der Waals surface area contributed by atoms with E-state index >= 15 is 0 Å². The fourth-order valence-electron chi connectivity index (χ4n) is 22.0. The predicted molar refractivity (Wildman–Crippen MR) is 599 cm³/mol. The van der Waals surface area contributed by atoms with E-state index in [0.717, 1.165) is 110 Å². The highest BCUT2D eigenvalue weighted by molar-refractivity contribution is 7.28. The van der Waals surface area contributed by atoms with Crippen LogP contribution in [0.3, 0.4) is 0 Å². The Morgan fingerprint density at radius 3 is 0.972 bits per heavy atom. The van der Waals surface area contributed by atoms with Gasteiger partial charge in [-0.25, -0.2) is 0 Å². The van der Waals surface area contributed by atoms with Gasteiger partial charge in [-0.05, 0) is 175 Å². The van der Waals surface area contributed by atoms with Crippen LogP contribution in [0.4, 0.5) is 0 Å². The van der Waals surface area contributed by atoms with Gasteiger partial charge in [0, 0.05) is 118 Å². The van der Waals surface area contributed by atoms with Crippen molar-refractivity contribution < 1.29 is 13.3 Å². The van der Waals surface area contributed by atoms with E-state index in [4.69, 9.17) is 13.3 Å². The van der Waals surface area contributed by atoms with Crippen molar-refractivity contribution >= 4 is 193 Å². The van der Waals surface area contributed by atoms with Gasteiger partial charge in [-0.2, -0.15) is 0 Å². The molecule has 0 aliphatic carbocycles. The van der Waals surface area contributed by atoms with Crippen molar-refractivity contribution in [3.63, 3.8) is 0 Å². The first-order valence-electron chi connectivity index (χ1n) is 47.8. The third-order valence-electron chi connectivity index (χ3n) is 28.3. The van der Waals surface area contributed by atoms with Gasteiger partial charge in [0.15, 0.2) is 0 Å². The largest absolute Gasteiger partial charge is 0.456 e. The number of benzene rings is 21. The summed E-state index contributed by atoms with van der Waals surface area (Å²) in [5.41, 5.74) is 37.8. The lowest BCUT2D eigenvalue weighted by Crippen LogP contribution is -1.93. The maximum atomic E-state index is 6.81. The van der Waals surface area contributed by atoms with Crippen molar-refractivity contribution in [1.82, 2.24) is 13.7 Å². The Hall–Kier alpha value is -17.7. The van der Waals surface area contributed by atoms with Crippen molar-refractivity contribution in [3.8, 4) is 117 Å². The van der Waals surface area contributed by atoms with E-state index in [-0.39, 0.29) is 0 Å². The molecule has 141 heavy (non-hydrogen) atoms. The van der Waals surface area contributed by atoms with Crippen LogP contribution in [-0.4, -0.2) is 13.7 Å². The van der Waals surface area contributed by atoms with E-state index in [2.05, 4.69) is 499 Å². The van der Waals surface area contributed by atoms with Gasteiger partial charge >= 0.3 is 0 Å². The first-order chi connectivity index (χ1) is 70.0. The van der Waals surface area contributed by atoms with Gasteiger partial charge < -0.3 is 27.0 Å². The van der Waals surface area contributed by atoms with Gasteiger partial charge in [-0.1, -0.05) is 394 Å². The zero-order valence-electron chi connectivity index (χ0n) is 76.1. The van der Waals surface area contributed by atoms with Crippen molar-refractivity contribution in [2.45, 2.75) is 0 Å². The van der Waals surface area contributed by atoms with Crippen molar-refractivity contribution in [1.29, 1.82) is 0 Å². The molecule has 0 N–H and O–H groups in total. The third kappa shape index (κ3) is 13.5. The minimum absolute atomic E-state index is 0.902. The number of fused-ring (bicyclic) bond motifs is 24. The molecule has 30 aromatic rings. The molecule has 0 unspecified atom stereocenters. The summed E-state index contributed by atoms with van der Waals surface area (Å²) >= 11 is 5.67. The summed E-state index contributed by atoms with van der Waals surface area (Å²) in [5.74, 6) is 0. The van der Waals surface area contributed by atoms with Crippen molar-refractivity contribution in [2.24, 2.45) is 0 Å². The maximum Gasteiger partial charge on any atom is 0.143 e. The number of rotatable bonds is 12. The zero-order valence-corrected chi connectivity index (χ0v) is 78.5. The van der Waals surface area contributed by atoms with E-state index < -0.39 is 0 Å². The Kier molecular flexibility index (Phi) is 19.5. The molecule has 9 heterocycles. The number of aromatic nitrogens is 3. The lowest BCUT2D eigenvalue weighted by Gasteiger charge is -2.13. The summed E-state index contributed by atoms with van der Waals surface area (Å²) in [6.45, 7) is 0. The highest BCUT2D eigenvalue weighted by atomic mass is 32.1. The van der Waals surface area contributed by atoms with E-state index in [1.165, 1.54) is 166 Å². The molecule has 0 aliphatic rings. The van der Waals surface area contributed by atoms with Gasteiger partial charge in [0.25, 0.3) is 0 Å². The maximum absolute atomic E-state index is 6.81. The molecule has 0 amide bonds. The Morgan fingerprint density at radius 1 is 0.156 bits per heavy atom. The molecule has 0 radical (unpaired) electrons. The molecule has 9 heteroatoms. The molecule has 0 aliphatic heterocycles. The second kappa shape index (κ2) is 33.6. The molecule has 0 bridgehead atoms. The van der Waals surface area contributed by atoms with Crippen LogP contribution in [0.15, 0.2) is 505 Å². The van der Waals surface area contributed by atoms with Crippen LogP contribution in [0.1, 0.15) is 0 Å². The molecule has 0 atom stereocenters. The molecule has 6 nitrogen and oxygen atoms in total. The Bertz CT molecular complexity index is 10200. The second-order valence-electron chi connectivity index (χ2n) is 36.2. The second-order valence-corrected chi connectivity index (χ2v) is 39.3. The number of furan rings is 3. The number of para-hydroxylation sites is 9. The van der Waals surface area contributed by atoms with Crippen LogP contribution >= 0.6 is 34.0 Å². The fourth-order valence-corrected chi connectivity index (χ4v) is 25.8. The monoisotopic (exact) mass is 1850 g/mol. The van der Waals surface area contributed by atoms with E-state index in [0.29, 0.717) is 0 Å². The van der Waals surface area contributed by atoms with Gasteiger partial charge in [0.1, 0.15) is 33.5 Å². The Balaban J connectivity index is 0.000000104. The molecular weight excluding hydrogens is 1770 g/mol. The van der Waals surface area contributed by atoms with Gasteiger partial charge in [0.05, 0.1) is 47.2 Å². The van der Waals surface area contributed by atoms with Crippen LogP contribution in [0.25, 0.3) is 277 Å². The summed E-state index contributed by atoms with van der Waals surface area (Å²) in [6.07, 6.45) is 0. The smallest absolute Gasteiger partial charge is 0.143 e. The van der Waals surface area contributed by atoms with Crippen molar-refractivity contribution in [2.75, 3.05) is 0 Å². The number of thiophene rings is 3. The molecule has 30 rings (SSSR count). The van der Waals surface area contributed by atoms with E-state index in [1.807, 2.05) is 40.1 Å². The number of hydrogen-bond donors (Lipinski definition) is 0. The minimum Gasteiger partial charge on any atom is -0.456 e. The topological polar surface area (TPSA) is 54.2 Å². The zero-order chi connectivity index (χ0) is 92.7. The van der Waals surface area contributed by atoms with Gasteiger partial charge in [-0.15, -0.1) is 34.0 Å². The first-order valence-corrected chi connectivity index (χ1v) is 50.3. The number of nitrogens with zero attached hydrogens (tertiary/aromatic N) is 3. The third-order valence-corrected chi connectivity index (χ3v) is 31.9. The first kappa shape index (κ1) is 81.6. The molecule has 21 aromatic carbocycles. The van der Waals surface area contributed by atoms with Gasteiger partial charge in [-0.3, -0.25) is 0 Å². The lowest BCUT2D eigenvalue weighted by atomic mass is 9.91. The predicted octanol–water partition coefficient (Wildman–Crippen LogP) is 38.7. The molecule has 9 aromatic heterocycles. The van der Waals surface area contributed by atoms with E-state index in [1.54, 1.807) is 0 Å². The highest BCUT2D eigenvalue weighted by Gasteiger charge is 2.28. The summed E-state index contributed by atoms with van der Waals surface area (Å²) in [4.78, 5) is 0. The van der Waals surface area contributed by atoms with Crippen molar-refractivity contribution in [3.05, 3.63) is 491 Å². The summed E-state index contributed by atoms with van der Waals surface area (Å²) in [6, 6.07) is 176. The highest BCUT2D eigenvalue weighted by Crippen LogP contribution is 2.53. The normalized spacial score (nSPS) is 11.8. The standard InChI is InChI=1S/3C44H27NOS/c1-3-14-28(15-4-1)30-21-11-24-36-40-33(22-13-27-39(40)46-42(30)36)31-18-7-8-19-32(31)34-23-12-25-37-41-44(47-43(34)37)35-20-9-10-26-38(35)45(41)29-16-5-2-6-17-29;1-3-13-28(14-4-1)32-20-11-22-35-36-23-12-21-34(43(36)46-42(32)35)33-18-8-7-17-31(33)29-25-26-38-40(27-29)47-44-37-19-9-10-24-39(37)45(41(38)44)30-15-5-2-6-16-30;1-3-11-28(12-4-1)29-19-22-35-36-23-20-30(26-41(36)46-40(35)25-29)33-15-7-8-16-34(33)31-21-24-38-42(27-31)47-44-37-17-9-10-18-39(37)45(43(38)44)32-13-5-2-6-14-32/h3*1-27H. The van der Waals surface area contributed by atoms with Crippen LogP contribution in [0, 0.1) is 0 Å². The summed E-state index contributed by atoms with van der Waals surface area (Å²) < 4.78 is 35.1. The van der Waals surface area contributed by atoms with Crippen LogP contribution in [0.5, 0.6) is 0 Å². The quantitative estimate of drug-likeness (QED) is 0.122. The minimum atomic E-state index is 0.902. The molecule has 0 fully saturated rings. The van der Waals surface area contributed by atoms with Gasteiger partial charge in [0.2, 0.25) is 0 Å². The van der Waals surface area contributed by atoms with Crippen LogP contribution in [0.2, 0.25) is 0 Å². The molecule has 660 valence electrons. The SMILES string of the molecule is c1ccc(-c2ccc3c(c2)oc2cc(-c4ccccc4-c4ccc5c(c4)sc4c6ccccc6n(-c6ccccc6)c54)ccc23)cc1.c1ccc(-c2cccc3c2oc2c(-c4ccccc4-c4ccc5c(c4)sc4c6ccccc6n(-c6ccccc6)c54)cccc23)cc1.c1ccc(-c2cccc3c2oc2cccc(-c4ccccc4-c4cccc5c4sc4c6ccccc6n(-c6ccccc6)c54)c23)cc1. The molecule has 0 saturated heterocycles. The average Bonchev–Trinajstić information content (AvgIpc) is 1.56. The summed E-state index contributed by atoms with van der Waals surface area (Å²) in [7, 11) is 0. The number of hydrogen-bond acceptors (Lipinski definition) is 6.